The van der Waals surface area contributed by atoms with Crippen molar-refractivity contribution in [2.75, 3.05) is 24.9 Å². The summed E-state index contributed by atoms with van der Waals surface area (Å²) in [5.41, 5.74) is 1.57. The van der Waals surface area contributed by atoms with Crippen LogP contribution in [0, 0.1) is 0 Å². The van der Waals surface area contributed by atoms with Crippen LogP contribution in [-0.2, 0) is 9.47 Å². The van der Waals surface area contributed by atoms with Crippen LogP contribution in [0.3, 0.4) is 0 Å². The van der Waals surface area contributed by atoms with Crippen molar-refractivity contribution >= 4 is 52.2 Å². The van der Waals surface area contributed by atoms with E-state index in [1.54, 1.807) is 24.3 Å². The molecule has 0 unspecified atom stereocenters. The van der Waals surface area contributed by atoms with Crippen molar-refractivity contribution in [2.24, 2.45) is 0 Å². The van der Waals surface area contributed by atoms with E-state index in [4.69, 9.17) is 33.3 Å². The third-order valence-corrected chi connectivity index (χ3v) is 3.59. The molecule has 130 valence electrons. The van der Waals surface area contributed by atoms with E-state index >= 15 is 0 Å². The first kappa shape index (κ1) is 18.7. The fourth-order valence-electron chi connectivity index (χ4n) is 2.00. The molecule has 0 aromatic heterocycles. The molecule has 0 amide bonds. The zero-order valence-electron chi connectivity index (χ0n) is 13.5. The Labute approximate surface area is 155 Å². The fourth-order valence-corrected chi connectivity index (χ4v) is 2.36. The first-order valence-corrected chi connectivity index (χ1v) is 7.87. The maximum Gasteiger partial charge on any atom is 0.337 e. The van der Waals surface area contributed by atoms with E-state index in [0.717, 1.165) is 5.69 Å². The molecule has 2 aromatic carbocycles. The number of rotatable bonds is 4. The normalized spacial score (nSPS) is 9.88. The second-order valence-corrected chi connectivity index (χ2v) is 5.71. The van der Waals surface area contributed by atoms with Gasteiger partial charge in [-0.3, -0.25) is 0 Å². The highest BCUT2D eigenvalue weighted by Gasteiger charge is 2.14. The van der Waals surface area contributed by atoms with Gasteiger partial charge in [0.2, 0.25) is 0 Å². The molecule has 0 fully saturated rings. The van der Waals surface area contributed by atoms with Gasteiger partial charge in [-0.15, -0.1) is 0 Å². The van der Waals surface area contributed by atoms with Crippen molar-refractivity contribution in [1.29, 1.82) is 0 Å². The van der Waals surface area contributed by atoms with E-state index in [1.165, 1.54) is 32.4 Å². The summed E-state index contributed by atoms with van der Waals surface area (Å²) in [6.07, 6.45) is 0. The lowest BCUT2D eigenvalue weighted by atomic mass is 10.1. The minimum Gasteiger partial charge on any atom is -0.465 e. The zero-order valence-corrected chi connectivity index (χ0v) is 15.0. The Hall–Kier alpha value is -2.64. The fraction of sp³-hybridized carbons (Fsp3) is 0.118. The first-order valence-electron chi connectivity index (χ1n) is 7.08. The Morgan fingerprint density at radius 3 is 1.84 bits per heavy atom. The summed E-state index contributed by atoms with van der Waals surface area (Å²) in [4.78, 5) is 23.5. The lowest BCUT2D eigenvalue weighted by molar-refractivity contribution is 0.0599. The third kappa shape index (κ3) is 5.17. The molecular weight excluding hydrogens is 364 g/mol. The predicted octanol–water partition coefficient (Wildman–Crippen LogP) is 3.72. The summed E-state index contributed by atoms with van der Waals surface area (Å²) < 4.78 is 9.38. The molecule has 0 aliphatic heterocycles. The number of carbonyl (C=O) groups excluding carboxylic acids is 2. The van der Waals surface area contributed by atoms with Crippen LogP contribution in [0.25, 0.3) is 0 Å². The Balaban J connectivity index is 2.21. The number of thiocarbonyl (C=S) groups is 1. The number of halogens is 1. The van der Waals surface area contributed by atoms with Crippen molar-refractivity contribution in [3.8, 4) is 0 Å². The van der Waals surface area contributed by atoms with Crippen molar-refractivity contribution in [3.05, 3.63) is 58.6 Å². The van der Waals surface area contributed by atoms with Crippen LogP contribution in [0.4, 0.5) is 11.4 Å². The van der Waals surface area contributed by atoms with Crippen LogP contribution in [-0.4, -0.2) is 31.3 Å². The van der Waals surface area contributed by atoms with Crippen LogP contribution < -0.4 is 10.6 Å². The highest BCUT2D eigenvalue weighted by atomic mass is 35.5. The SMILES string of the molecule is COC(=O)c1cc(NC(=S)Nc2ccc(Cl)cc2)cc(C(=O)OC)c1. The van der Waals surface area contributed by atoms with Crippen molar-refractivity contribution in [3.63, 3.8) is 0 Å². The van der Waals surface area contributed by atoms with Gasteiger partial charge in [0.15, 0.2) is 5.11 Å². The predicted molar refractivity (Wildman–Crippen MR) is 100 cm³/mol. The molecule has 0 aliphatic carbocycles. The molecule has 0 aliphatic rings. The van der Waals surface area contributed by atoms with Gasteiger partial charge in [0.25, 0.3) is 0 Å². The van der Waals surface area contributed by atoms with Crippen LogP contribution in [0.15, 0.2) is 42.5 Å². The second-order valence-electron chi connectivity index (χ2n) is 4.87. The largest absolute Gasteiger partial charge is 0.465 e. The number of nitrogens with one attached hydrogen (secondary N) is 2. The van der Waals surface area contributed by atoms with Crippen LogP contribution in [0.5, 0.6) is 0 Å². The highest BCUT2D eigenvalue weighted by Crippen LogP contribution is 2.18. The smallest absolute Gasteiger partial charge is 0.337 e. The summed E-state index contributed by atoms with van der Waals surface area (Å²) >= 11 is 11.1. The Morgan fingerprint density at radius 1 is 0.880 bits per heavy atom. The molecule has 0 heterocycles. The standard InChI is InChI=1S/C17H15ClN2O4S/c1-23-15(21)10-7-11(16(22)24-2)9-14(8-10)20-17(25)19-13-5-3-12(18)4-6-13/h3-9H,1-2H3,(H2,19,20,25). The minimum atomic E-state index is -0.578. The average molecular weight is 379 g/mol. The molecule has 0 atom stereocenters. The molecular formula is C17H15ClN2O4S. The molecule has 6 nitrogen and oxygen atoms in total. The molecule has 2 aromatic rings. The number of hydrogen-bond acceptors (Lipinski definition) is 5. The van der Waals surface area contributed by atoms with Gasteiger partial charge in [0.1, 0.15) is 0 Å². The summed E-state index contributed by atoms with van der Waals surface area (Å²) in [5.74, 6) is -1.16. The molecule has 0 bridgehead atoms. The maximum absolute atomic E-state index is 11.8. The van der Waals surface area contributed by atoms with Gasteiger partial charge in [-0.05, 0) is 54.7 Å². The zero-order chi connectivity index (χ0) is 18.4. The quantitative estimate of drug-likeness (QED) is 0.620. The number of anilines is 2. The molecule has 8 heteroatoms. The van der Waals surface area contributed by atoms with Gasteiger partial charge in [0, 0.05) is 16.4 Å². The molecule has 0 saturated heterocycles. The molecule has 2 rings (SSSR count). The van der Waals surface area contributed by atoms with E-state index in [9.17, 15) is 9.59 Å². The highest BCUT2D eigenvalue weighted by molar-refractivity contribution is 7.80. The summed E-state index contributed by atoms with van der Waals surface area (Å²) in [6.45, 7) is 0. The monoisotopic (exact) mass is 378 g/mol. The topological polar surface area (TPSA) is 76.7 Å². The van der Waals surface area contributed by atoms with Gasteiger partial charge in [-0.2, -0.15) is 0 Å². The van der Waals surface area contributed by atoms with Crippen LogP contribution >= 0.6 is 23.8 Å². The number of carbonyl (C=O) groups is 2. The Kier molecular flexibility index (Phi) is 6.32. The number of esters is 2. The van der Waals surface area contributed by atoms with Gasteiger partial charge >= 0.3 is 11.9 Å². The summed E-state index contributed by atoms with van der Waals surface area (Å²) in [6, 6.07) is 11.4. The molecule has 2 N–H and O–H groups in total. The maximum atomic E-state index is 11.8. The van der Waals surface area contributed by atoms with E-state index in [-0.39, 0.29) is 16.2 Å². The first-order chi connectivity index (χ1) is 11.9. The van der Waals surface area contributed by atoms with Crippen LogP contribution in [0.2, 0.25) is 5.02 Å². The Bertz CT molecular complexity index is 775. The molecule has 0 spiro atoms. The minimum absolute atomic E-state index is 0.196. The van der Waals surface area contributed by atoms with E-state index in [0.29, 0.717) is 10.7 Å². The Morgan fingerprint density at radius 2 is 1.36 bits per heavy atom. The number of benzene rings is 2. The van der Waals surface area contributed by atoms with Gasteiger partial charge < -0.3 is 20.1 Å². The third-order valence-electron chi connectivity index (χ3n) is 3.14. The van der Waals surface area contributed by atoms with Crippen molar-refractivity contribution in [2.45, 2.75) is 0 Å². The number of methoxy groups -OCH3 is 2. The van der Waals surface area contributed by atoms with Gasteiger partial charge in [0.05, 0.1) is 25.3 Å². The van der Waals surface area contributed by atoms with E-state index in [2.05, 4.69) is 10.6 Å². The lowest BCUT2D eigenvalue weighted by Crippen LogP contribution is -2.20. The van der Waals surface area contributed by atoms with Crippen LogP contribution in [0.1, 0.15) is 20.7 Å². The number of hydrogen-bond donors (Lipinski definition) is 2. The molecule has 0 radical (unpaired) electrons. The molecule has 25 heavy (non-hydrogen) atoms. The molecule has 0 saturated carbocycles. The van der Waals surface area contributed by atoms with Gasteiger partial charge in [-0.25, -0.2) is 9.59 Å². The van der Waals surface area contributed by atoms with E-state index < -0.39 is 11.9 Å². The lowest BCUT2D eigenvalue weighted by Gasteiger charge is -2.12. The van der Waals surface area contributed by atoms with Crippen molar-refractivity contribution in [1.82, 2.24) is 0 Å². The summed E-state index contributed by atoms with van der Waals surface area (Å²) in [5, 5.41) is 6.77. The average Bonchev–Trinajstić information content (AvgIpc) is 2.61. The second kappa shape index (κ2) is 8.46. The summed E-state index contributed by atoms with van der Waals surface area (Å²) in [7, 11) is 2.51. The van der Waals surface area contributed by atoms with E-state index in [1.807, 2.05) is 0 Å². The van der Waals surface area contributed by atoms with Crippen molar-refractivity contribution < 1.29 is 19.1 Å². The van der Waals surface area contributed by atoms with Gasteiger partial charge in [-0.1, -0.05) is 11.6 Å². The number of ether oxygens (including phenoxy) is 2.